The number of benzene rings is 1. The normalized spacial score (nSPS) is 27.1. The summed E-state index contributed by atoms with van der Waals surface area (Å²) in [5, 5.41) is 17.4. The quantitative estimate of drug-likeness (QED) is 0.691. The van der Waals surface area contributed by atoms with Crippen LogP contribution in [0.4, 0.5) is 0 Å². The monoisotopic (exact) mass is 315 g/mol. The summed E-state index contributed by atoms with van der Waals surface area (Å²) in [6, 6.07) is 5.64. The minimum Gasteiger partial charge on any atom is -0.497 e. The smallest absolute Gasteiger partial charge is 0.321 e. The Balaban J connectivity index is 1.84. The molecule has 3 atom stereocenters. The molecule has 2 aromatic rings. The minimum absolute atomic E-state index is 0.000690. The number of aromatic amines is 1. The van der Waals surface area contributed by atoms with Crippen LogP contribution in [0, 0.1) is 0 Å². The Morgan fingerprint density at radius 1 is 1.39 bits per heavy atom. The Kier molecular flexibility index (Phi) is 3.50. The molecule has 0 amide bonds. The summed E-state index contributed by atoms with van der Waals surface area (Å²) in [5.41, 5.74) is 3.25. The van der Waals surface area contributed by atoms with E-state index in [0.717, 1.165) is 47.3 Å². The molecule has 1 fully saturated rings. The van der Waals surface area contributed by atoms with Gasteiger partial charge in [0, 0.05) is 29.1 Å². The molecule has 0 bridgehead atoms. The van der Waals surface area contributed by atoms with Crippen molar-refractivity contribution in [1.29, 1.82) is 0 Å². The highest BCUT2D eigenvalue weighted by Gasteiger charge is 2.37. The van der Waals surface area contributed by atoms with Crippen molar-refractivity contribution in [3.8, 4) is 5.75 Å². The molecular formula is C17H21N3O3. The summed E-state index contributed by atoms with van der Waals surface area (Å²) in [6.45, 7) is 0.990. The average molecular weight is 315 g/mol. The van der Waals surface area contributed by atoms with Gasteiger partial charge in [-0.25, -0.2) is 0 Å². The maximum atomic E-state index is 11.6. The Labute approximate surface area is 134 Å². The van der Waals surface area contributed by atoms with E-state index >= 15 is 0 Å². The number of aliphatic carboxylic acids is 1. The molecule has 122 valence electrons. The van der Waals surface area contributed by atoms with Gasteiger partial charge in [-0.1, -0.05) is 0 Å². The summed E-state index contributed by atoms with van der Waals surface area (Å²) < 4.78 is 5.33. The predicted octanol–water partition coefficient (Wildman–Crippen LogP) is 1.57. The molecule has 4 N–H and O–H groups in total. The van der Waals surface area contributed by atoms with Gasteiger partial charge in [0.05, 0.1) is 13.2 Å². The fourth-order valence-corrected chi connectivity index (χ4v) is 3.90. The topological polar surface area (TPSA) is 86.4 Å². The van der Waals surface area contributed by atoms with E-state index in [1.807, 2.05) is 18.2 Å². The van der Waals surface area contributed by atoms with Crippen LogP contribution in [0.1, 0.15) is 30.1 Å². The van der Waals surface area contributed by atoms with E-state index < -0.39 is 12.0 Å². The number of nitrogens with one attached hydrogen (secondary N) is 3. The highest BCUT2D eigenvalue weighted by atomic mass is 16.5. The number of fused-ring (bicyclic) bond motifs is 3. The summed E-state index contributed by atoms with van der Waals surface area (Å²) in [5.74, 6) is -0.00357. The van der Waals surface area contributed by atoms with E-state index in [9.17, 15) is 9.90 Å². The van der Waals surface area contributed by atoms with E-state index in [1.165, 1.54) is 0 Å². The number of methoxy groups -OCH3 is 1. The zero-order valence-electron chi connectivity index (χ0n) is 13.1. The van der Waals surface area contributed by atoms with Crippen molar-refractivity contribution < 1.29 is 14.6 Å². The maximum Gasteiger partial charge on any atom is 0.321 e. The lowest BCUT2D eigenvalue weighted by molar-refractivity contribution is -0.139. The third-order valence-electron chi connectivity index (χ3n) is 5.05. The molecule has 0 saturated carbocycles. The van der Waals surface area contributed by atoms with Gasteiger partial charge in [0.2, 0.25) is 0 Å². The van der Waals surface area contributed by atoms with Crippen LogP contribution in [0.3, 0.4) is 0 Å². The molecule has 6 nitrogen and oxygen atoms in total. The van der Waals surface area contributed by atoms with Crippen molar-refractivity contribution in [2.24, 2.45) is 0 Å². The van der Waals surface area contributed by atoms with Crippen LogP contribution in [0.25, 0.3) is 10.9 Å². The van der Waals surface area contributed by atoms with E-state index in [1.54, 1.807) is 7.11 Å². The van der Waals surface area contributed by atoms with Crippen molar-refractivity contribution in [2.75, 3.05) is 13.7 Å². The molecule has 1 aromatic heterocycles. The summed E-state index contributed by atoms with van der Waals surface area (Å²) in [6.07, 6.45) is 2.67. The lowest BCUT2D eigenvalue weighted by Gasteiger charge is -2.33. The molecule has 6 heteroatoms. The van der Waals surface area contributed by atoms with Crippen molar-refractivity contribution >= 4 is 16.9 Å². The van der Waals surface area contributed by atoms with Crippen molar-refractivity contribution in [3.63, 3.8) is 0 Å². The van der Waals surface area contributed by atoms with E-state index in [4.69, 9.17) is 4.74 Å². The fraction of sp³-hybridized carbons (Fsp3) is 0.471. The van der Waals surface area contributed by atoms with Gasteiger partial charge in [-0.15, -0.1) is 0 Å². The second-order valence-corrected chi connectivity index (χ2v) is 6.37. The van der Waals surface area contributed by atoms with Crippen molar-refractivity contribution in [2.45, 2.75) is 37.4 Å². The van der Waals surface area contributed by atoms with Gasteiger partial charge in [-0.3, -0.25) is 10.1 Å². The zero-order valence-corrected chi connectivity index (χ0v) is 13.1. The third kappa shape index (κ3) is 2.38. The standard InChI is InChI=1S/C17H21N3O3/c1-23-9-4-5-12-10(7-9)11-8-14(17(21)22)20-16(15(11)19-12)13-3-2-6-18-13/h4-5,7,13-14,16,18-20H,2-3,6,8H2,1H3,(H,21,22). The van der Waals surface area contributed by atoms with Crippen LogP contribution in [0.2, 0.25) is 0 Å². The number of carboxylic acids is 1. The number of aromatic nitrogens is 1. The molecule has 4 rings (SSSR count). The summed E-state index contributed by atoms with van der Waals surface area (Å²) in [4.78, 5) is 15.1. The van der Waals surface area contributed by atoms with Crippen LogP contribution in [-0.2, 0) is 11.2 Å². The first-order valence-corrected chi connectivity index (χ1v) is 8.08. The summed E-state index contributed by atoms with van der Waals surface area (Å²) >= 11 is 0. The highest BCUT2D eigenvalue weighted by molar-refractivity contribution is 5.88. The maximum absolute atomic E-state index is 11.6. The number of carboxylic acid groups (broad SMARTS) is 1. The van der Waals surface area contributed by atoms with Crippen molar-refractivity contribution in [3.05, 3.63) is 29.5 Å². The number of hydrogen-bond donors (Lipinski definition) is 4. The lowest BCUT2D eigenvalue weighted by Crippen LogP contribution is -2.50. The van der Waals surface area contributed by atoms with Crippen LogP contribution in [0.5, 0.6) is 5.75 Å². The van der Waals surface area contributed by atoms with Crippen molar-refractivity contribution in [1.82, 2.24) is 15.6 Å². The third-order valence-corrected chi connectivity index (χ3v) is 5.05. The number of H-pyrrole nitrogens is 1. The number of hydrogen-bond acceptors (Lipinski definition) is 4. The van der Waals surface area contributed by atoms with Gasteiger partial charge < -0.3 is 20.1 Å². The molecule has 0 spiro atoms. The Morgan fingerprint density at radius 3 is 2.96 bits per heavy atom. The average Bonchev–Trinajstić information content (AvgIpc) is 3.20. The molecular weight excluding hydrogens is 294 g/mol. The molecule has 23 heavy (non-hydrogen) atoms. The molecule has 2 aliphatic heterocycles. The lowest BCUT2D eigenvalue weighted by atomic mass is 9.90. The Hall–Kier alpha value is -2.05. The van der Waals surface area contributed by atoms with Gasteiger partial charge >= 0.3 is 5.97 Å². The van der Waals surface area contributed by atoms with Crippen LogP contribution >= 0.6 is 0 Å². The molecule has 0 radical (unpaired) electrons. The van der Waals surface area contributed by atoms with Gasteiger partial charge in [0.15, 0.2) is 0 Å². The minimum atomic E-state index is -0.795. The van der Waals surface area contributed by atoms with Crippen LogP contribution in [-0.4, -0.2) is 41.8 Å². The first-order chi connectivity index (χ1) is 11.2. The van der Waals surface area contributed by atoms with Crippen LogP contribution < -0.4 is 15.4 Å². The van der Waals surface area contributed by atoms with Gasteiger partial charge in [-0.2, -0.15) is 0 Å². The molecule has 2 aliphatic rings. The number of carbonyl (C=O) groups is 1. The molecule has 1 saturated heterocycles. The number of rotatable bonds is 3. The second-order valence-electron chi connectivity index (χ2n) is 6.37. The fourth-order valence-electron chi connectivity index (χ4n) is 3.90. The largest absolute Gasteiger partial charge is 0.497 e. The first kappa shape index (κ1) is 14.5. The molecule has 3 heterocycles. The summed E-state index contributed by atoms with van der Waals surface area (Å²) in [7, 11) is 1.65. The van der Waals surface area contributed by atoms with Crippen LogP contribution in [0.15, 0.2) is 18.2 Å². The molecule has 1 aromatic carbocycles. The predicted molar refractivity (Wildman–Crippen MR) is 86.9 cm³/mol. The highest BCUT2D eigenvalue weighted by Crippen LogP contribution is 2.36. The van der Waals surface area contributed by atoms with Gasteiger partial charge in [-0.05, 0) is 43.1 Å². The SMILES string of the molecule is COc1ccc2[nH]c3c(c2c1)CC(C(=O)O)NC3C1CCCN1. The van der Waals surface area contributed by atoms with E-state index in [2.05, 4.69) is 15.6 Å². The van der Waals surface area contributed by atoms with Gasteiger partial charge in [0.1, 0.15) is 11.8 Å². The Morgan fingerprint density at radius 2 is 2.26 bits per heavy atom. The molecule has 0 aliphatic carbocycles. The van der Waals surface area contributed by atoms with E-state index in [-0.39, 0.29) is 12.1 Å². The number of ether oxygens (including phenoxy) is 1. The zero-order chi connectivity index (χ0) is 16.0. The molecule has 3 unspecified atom stereocenters. The Bertz CT molecular complexity index is 749. The van der Waals surface area contributed by atoms with E-state index in [0.29, 0.717) is 6.42 Å². The second kappa shape index (κ2) is 5.54. The first-order valence-electron chi connectivity index (χ1n) is 8.08. The van der Waals surface area contributed by atoms with Gasteiger partial charge in [0.25, 0.3) is 0 Å².